The number of amides is 4. The van der Waals surface area contributed by atoms with Gasteiger partial charge in [0.2, 0.25) is 0 Å². The quantitative estimate of drug-likeness (QED) is 0.868. The average molecular weight is 274 g/mol. The molecule has 0 bridgehead atoms. The number of fused-ring (bicyclic) bond motifs is 1. The predicted octanol–water partition coefficient (Wildman–Crippen LogP) is 1.54. The van der Waals surface area contributed by atoms with Crippen molar-refractivity contribution in [3.05, 3.63) is 48.3 Å². The maximum absolute atomic E-state index is 12.1. The van der Waals surface area contributed by atoms with Crippen LogP contribution in [0.25, 0.3) is 0 Å². The average Bonchev–Trinajstić information content (AvgIpc) is 3.17. The smallest absolute Gasteiger partial charge is 0.340 e. The standard InChI is InChI=1S/C12H10N4O4/c17-11-13-9(7-3-1-5-19-7)15-12(18)14-10(16(11)15)8-4-2-6-20-8/h1-6,9-10H,(H,13,17)(H,14,18). The Morgan fingerprint density at radius 1 is 0.850 bits per heavy atom. The predicted molar refractivity (Wildman–Crippen MR) is 63.6 cm³/mol. The monoisotopic (exact) mass is 274 g/mol. The van der Waals surface area contributed by atoms with Crippen LogP contribution in [0, 0.1) is 0 Å². The summed E-state index contributed by atoms with van der Waals surface area (Å²) in [5, 5.41) is 7.97. The van der Waals surface area contributed by atoms with Crippen LogP contribution in [-0.4, -0.2) is 22.1 Å². The van der Waals surface area contributed by atoms with Crippen LogP contribution in [0.5, 0.6) is 0 Å². The van der Waals surface area contributed by atoms with Crippen molar-refractivity contribution in [2.75, 3.05) is 0 Å². The minimum absolute atomic E-state index is 0.397. The van der Waals surface area contributed by atoms with Gasteiger partial charge in [-0.05, 0) is 24.3 Å². The van der Waals surface area contributed by atoms with E-state index >= 15 is 0 Å². The highest BCUT2D eigenvalue weighted by Crippen LogP contribution is 2.36. The molecule has 4 amide bonds. The van der Waals surface area contributed by atoms with E-state index < -0.39 is 24.4 Å². The van der Waals surface area contributed by atoms with Crippen LogP contribution in [-0.2, 0) is 0 Å². The maximum atomic E-state index is 12.1. The molecule has 2 fully saturated rings. The van der Waals surface area contributed by atoms with Crippen molar-refractivity contribution in [1.29, 1.82) is 0 Å². The Morgan fingerprint density at radius 2 is 1.30 bits per heavy atom. The molecule has 0 aliphatic carbocycles. The van der Waals surface area contributed by atoms with E-state index in [9.17, 15) is 9.59 Å². The van der Waals surface area contributed by atoms with Gasteiger partial charge in [0.05, 0.1) is 12.5 Å². The lowest BCUT2D eigenvalue weighted by Crippen LogP contribution is -2.36. The van der Waals surface area contributed by atoms with Gasteiger partial charge in [-0.3, -0.25) is 0 Å². The largest absolute Gasteiger partial charge is 0.465 e. The maximum Gasteiger partial charge on any atom is 0.340 e. The third-order valence-corrected chi connectivity index (χ3v) is 3.28. The van der Waals surface area contributed by atoms with E-state index in [2.05, 4.69) is 10.6 Å². The Kier molecular flexibility index (Phi) is 2.08. The van der Waals surface area contributed by atoms with Gasteiger partial charge in [-0.2, -0.15) is 10.0 Å². The molecule has 2 aliphatic heterocycles. The zero-order valence-electron chi connectivity index (χ0n) is 10.1. The number of hydrogen-bond donors (Lipinski definition) is 2. The summed E-state index contributed by atoms with van der Waals surface area (Å²) in [6.07, 6.45) is 1.67. The van der Waals surface area contributed by atoms with Gasteiger partial charge < -0.3 is 19.5 Å². The van der Waals surface area contributed by atoms with E-state index in [4.69, 9.17) is 8.83 Å². The number of hydrogen-bond acceptors (Lipinski definition) is 4. The Bertz CT molecular complexity index is 593. The number of nitrogens with one attached hydrogen (secondary N) is 2. The molecule has 8 heteroatoms. The molecule has 0 saturated carbocycles. The topological polar surface area (TPSA) is 91.0 Å². The number of rotatable bonds is 2. The van der Waals surface area contributed by atoms with Crippen molar-refractivity contribution in [3.8, 4) is 0 Å². The van der Waals surface area contributed by atoms with Gasteiger partial charge >= 0.3 is 12.1 Å². The van der Waals surface area contributed by atoms with Crippen molar-refractivity contribution in [2.45, 2.75) is 12.3 Å². The molecule has 8 nitrogen and oxygen atoms in total. The van der Waals surface area contributed by atoms with Crippen molar-refractivity contribution in [1.82, 2.24) is 20.7 Å². The van der Waals surface area contributed by atoms with Crippen LogP contribution in [0.15, 0.2) is 45.6 Å². The highest BCUT2D eigenvalue weighted by molar-refractivity contribution is 5.87. The van der Waals surface area contributed by atoms with Crippen LogP contribution in [0.3, 0.4) is 0 Å². The minimum Gasteiger partial charge on any atom is -0.465 e. The number of carbonyl (C=O) groups is 2. The van der Waals surface area contributed by atoms with Gasteiger partial charge in [-0.15, -0.1) is 0 Å². The lowest BCUT2D eigenvalue weighted by atomic mass is 10.3. The fourth-order valence-electron chi connectivity index (χ4n) is 2.44. The number of carbonyl (C=O) groups excluding carboxylic acids is 2. The Labute approximate surface area is 112 Å². The van der Waals surface area contributed by atoms with Gasteiger partial charge in [0.1, 0.15) is 11.5 Å². The van der Waals surface area contributed by atoms with E-state index in [-0.39, 0.29) is 0 Å². The third kappa shape index (κ3) is 1.35. The molecule has 2 aromatic rings. The molecule has 2 atom stereocenters. The Balaban J connectivity index is 1.73. The molecule has 0 aromatic carbocycles. The summed E-state index contributed by atoms with van der Waals surface area (Å²) in [4.78, 5) is 24.2. The zero-order chi connectivity index (χ0) is 13.7. The first kappa shape index (κ1) is 11.0. The van der Waals surface area contributed by atoms with Crippen molar-refractivity contribution in [2.24, 2.45) is 0 Å². The number of urea groups is 2. The molecule has 2 aromatic heterocycles. The second-order valence-corrected chi connectivity index (χ2v) is 4.42. The number of nitrogens with zero attached hydrogens (tertiary/aromatic N) is 2. The van der Waals surface area contributed by atoms with Gasteiger partial charge in [-0.25, -0.2) is 9.59 Å². The first-order chi connectivity index (χ1) is 9.75. The van der Waals surface area contributed by atoms with Crippen molar-refractivity contribution < 1.29 is 18.4 Å². The molecule has 2 unspecified atom stereocenters. The molecule has 0 radical (unpaired) electrons. The highest BCUT2D eigenvalue weighted by atomic mass is 16.3. The summed E-state index contributed by atoms with van der Waals surface area (Å²) in [5.41, 5.74) is 0. The van der Waals surface area contributed by atoms with E-state index in [0.717, 1.165) is 0 Å². The normalized spacial score (nSPS) is 24.8. The number of furan rings is 2. The van der Waals surface area contributed by atoms with Gasteiger partial charge in [0, 0.05) is 0 Å². The lowest BCUT2D eigenvalue weighted by Gasteiger charge is -2.21. The first-order valence-corrected chi connectivity index (χ1v) is 6.02. The van der Waals surface area contributed by atoms with Gasteiger partial charge in [0.25, 0.3) is 0 Å². The molecule has 4 rings (SSSR count). The summed E-state index contributed by atoms with van der Waals surface area (Å²) < 4.78 is 10.5. The minimum atomic E-state index is -0.655. The van der Waals surface area contributed by atoms with Crippen LogP contribution < -0.4 is 10.6 Å². The zero-order valence-corrected chi connectivity index (χ0v) is 10.1. The number of hydrazine groups is 1. The summed E-state index contributed by atoms with van der Waals surface area (Å²) in [5.74, 6) is 0.965. The van der Waals surface area contributed by atoms with E-state index in [1.54, 1.807) is 24.3 Å². The second kappa shape index (κ2) is 3.80. The summed E-state index contributed by atoms with van der Waals surface area (Å²) in [6, 6.07) is 5.99. The fraction of sp³-hybridized carbons (Fsp3) is 0.167. The summed E-state index contributed by atoms with van der Waals surface area (Å²) in [6.45, 7) is 0. The molecule has 102 valence electrons. The Hall–Kier alpha value is -2.90. The molecule has 2 aliphatic rings. The first-order valence-electron chi connectivity index (χ1n) is 6.02. The van der Waals surface area contributed by atoms with Crippen LogP contribution in [0.4, 0.5) is 9.59 Å². The lowest BCUT2D eigenvalue weighted by molar-refractivity contribution is 0.0545. The fourth-order valence-corrected chi connectivity index (χ4v) is 2.44. The summed E-state index contributed by atoms with van der Waals surface area (Å²) in [7, 11) is 0. The van der Waals surface area contributed by atoms with Crippen molar-refractivity contribution >= 4 is 12.1 Å². The van der Waals surface area contributed by atoms with Crippen LogP contribution >= 0.6 is 0 Å². The summed E-state index contributed by atoms with van der Waals surface area (Å²) >= 11 is 0. The van der Waals surface area contributed by atoms with Crippen LogP contribution in [0.2, 0.25) is 0 Å². The molecule has 4 heterocycles. The van der Waals surface area contributed by atoms with Gasteiger partial charge in [-0.1, -0.05) is 0 Å². The molecule has 0 spiro atoms. The molecular formula is C12H10N4O4. The van der Waals surface area contributed by atoms with E-state index in [0.29, 0.717) is 11.5 Å². The van der Waals surface area contributed by atoms with E-state index in [1.807, 2.05) is 0 Å². The SMILES string of the molecule is O=C1NC(c2ccco2)N2C(=O)NC(c3ccco3)N12. The van der Waals surface area contributed by atoms with Gasteiger partial charge in [0.15, 0.2) is 12.3 Å². The molecular weight excluding hydrogens is 264 g/mol. The van der Waals surface area contributed by atoms with E-state index in [1.165, 1.54) is 22.5 Å². The van der Waals surface area contributed by atoms with Crippen molar-refractivity contribution in [3.63, 3.8) is 0 Å². The second-order valence-electron chi connectivity index (χ2n) is 4.42. The highest BCUT2D eigenvalue weighted by Gasteiger charge is 2.52. The molecule has 2 saturated heterocycles. The molecule has 2 N–H and O–H groups in total. The molecule has 20 heavy (non-hydrogen) atoms. The third-order valence-electron chi connectivity index (χ3n) is 3.28. The van der Waals surface area contributed by atoms with Crippen LogP contribution in [0.1, 0.15) is 23.9 Å². The Morgan fingerprint density at radius 3 is 1.65 bits per heavy atom.